The molecule has 0 atom stereocenters. The zero-order chi connectivity index (χ0) is 13.9. The Hall–Kier alpha value is -2.10. The van der Waals surface area contributed by atoms with Gasteiger partial charge in [0.2, 0.25) is 0 Å². The van der Waals surface area contributed by atoms with Gasteiger partial charge in [-0.15, -0.1) is 0 Å². The summed E-state index contributed by atoms with van der Waals surface area (Å²) in [4.78, 5) is 16.2. The molecule has 1 saturated carbocycles. The van der Waals surface area contributed by atoms with Gasteiger partial charge in [-0.2, -0.15) is 0 Å². The molecule has 0 aliphatic heterocycles. The molecule has 0 unspecified atom stereocenters. The number of rotatable bonds is 3. The maximum Gasteiger partial charge on any atom is 0.413 e. The number of carbonyl (C=O) groups is 1. The molecule has 0 spiro atoms. The van der Waals surface area contributed by atoms with Crippen LogP contribution in [0.25, 0.3) is 10.9 Å². The number of ether oxygens (including phenoxy) is 1. The first kappa shape index (κ1) is 12.9. The second kappa shape index (κ2) is 5.49. The normalized spacial score (nSPS) is 14.8. The molecule has 1 aliphatic carbocycles. The minimum absolute atomic E-state index is 0.0853. The second-order valence-corrected chi connectivity index (χ2v) is 5.16. The van der Waals surface area contributed by atoms with Gasteiger partial charge in [-0.25, -0.2) is 9.78 Å². The van der Waals surface area contributed by atoms with Gasteiger partial charge in [0, 0.05) is 5.39 Å². The van der Waals surface area contributed by atoms with Gasteiger partial charge < -0.3 is 4.74 Å². The van der Waals surface area contributed by atoms with Gasteiger partial charge in [-0.3, -0.25) is 5.32 Å². The average molecular weight is 270 g/mol. The number of benzene rings is 1. The number of amides is 1. The van der Waals surface area contributed by atoms with Crippen molar-refractivity contribution in [2.24, 2.45) is 0 Å². The number of aryl methyl sites for hydroxylation is 1. The Morgan fingerprint density at radius 1 is 1.35 bits per heavy atom. The van der Waals surface area contributed by atoms with Gasteiger partial charge in [0.25, 0.3) is 0 Å². The highest BCUT2D eigenvalue weighted by molar-refractivity contribution is 5.87. The van der Waals surface area contributed by atoms with Gasteiger partial charge in [0.1, 0.15) is 11.9 Å². The van der Waals surface area contributed by atoms with Crippen molar-refractivity contribution in [1.82, 2.24) is 4.98 Å². The first-order valence-electron chi connectivity index (χ1n) is 7.12. The molecule has 0 radical (unpaired) electrons. The molecule has 20 heavy (non-hydrogen) atoms. The van der Waals surface area contributed by atoms with Crippen LogP contribution in [-0.4, -0.2) is 17.2 Å². The molecule has 4 heteroatoms. The lowest BCUT2D eigenvalue weighted by Gasteiger charge is -2.24. The van der Waals surface area contributed by atoms with Crippen molar-refractivity contribution in [2.45, 2.75) is 38.7 Å². The number of fused-ring (bicyclic) bond motifs is 1. The van der Waals surface area contributed by atoms with E-state index >= 15 is 0 Å². The van der Waals surface area contributed by atoms with Crippen LogP contribution < -0.4 is 5.32 Å². The molecular formula is C16H18N2O2. The van der Waals surface area contributed by atoms with Crippen LogP contribution in [0.2, 0.25) is 0 Å². The monoisotopic (exact) mass is 270 g/mol. The number of nitrogens with zero attached hydrogens (tertiary/aromatic N) is 1. The van der Waals surface area contributed by atoms with E-state index in [2.05, 4.69) is 35.4 Å². The molecule has 1 aliphatic rings. The quantitative estimate of drug-likeness (QED) is 0.920. The van der Waals surface area contributed by atoms with E-state index in [1.165, 1.54) is 5.56 Å². The summed E-state index contributed by atoms with van der Waals surface area (Å²) >= 11 is 0. The van der Waals surface area contributed by atoms with Crippen molar-refractivity contribution >= 4 is 22.8 Å². The van der Waals surface area contributed by atoms with Crippen molar-refractivity contribution in [3.8, 4) is 0 Å². The summed E-state index contributed by atoms with van der Waals surface area (Å²) in [6, 6.07) is 9.97. The smallest absolute Gasteiger partial charge is 0.413 e. The Morgan fingerprint density at radius 3 is 2.85 bits per heavy atom. The van der Waals surface area contributed by atoms with E-state index in [0.29, 0.717) is 5.82 Å². The van der Waals surface area contributed by atoms with E-state index in [4.69, 9.17) is 4.74 Å². The predicted molar refractivity (Wildman–Crippen MR) is 78.9 cm³/mol. The first-order valence-corrected chi connectivity index (χ1v) is 7.12. The molecule has 104 valence electrons. The second-order valence-electron chi connectivity index (χ2n) is 5.16. The number of pyridine rings is 1. The third-order valence-corrected chi connectivity index (χ3v) is 3.72. The fourth-order valence-electron chi connectivity index (χ4n) is 2.23. The molecule has 1 heterocycles. The van der Waals surface area contributed by atoms with Crippen LogP contribution in [0.15, 0.2) is 30.3 Å². The van der Waals surface area contributed by atoms with Crippen LogP contribution in [-0.2, 0) is 11.2 Å². The Balaban J connectivity index is 1.75. The van der Waals surface area contributed by atoms with Crippen molar-refractivity contribution in [2.75, 3.05) is 5.32 Å². The standard InChI is InChI=1S/C16H18N2O2/c1-2-11-6-7-12-8-9-15(17-14(12)10-11)18-16(19)20-13-4-3-5-13/h6-10,13H,2-5H2,1H3,(H,17,18,19). The Kier molecular flexibility index (Phi) is 3.54. The summed E-state index contributed by atoms with van der Waals surface area (Å²) in [5, 5.41) is 3.77. The summed E-state index contributed by atoms with van der Waals surface area (Å²) in [5.74, 6) is 0.537. The Labute approximate surface area is 118 Å². The van der Waals surface area contributed by atoms with E-state index < -0.39 is 6.09 Å². The van der Waals surface area contributed by atoms with Crippen LogP contribution in [0, 0.1) is 0 Å². The van der Waals surface area contributed by atoms with Crippen LogP contribution in [0.1, 0.15) is 31.7 Å². The maximum absolute atomic E-state index is 11.7. The lowest BCUT2D eigenvalue weighted by atomic mass is 9.96. The van der Waals surface area contributed by atoms with E-state index in [1.54, 1.807) is 6.07 Å². The zero-order valence-electron chi connectivity index (χ0n) is 11.6. The SMILES string of the molecule is CCc1ccc2ccc(NC(=O)OC3CCC3)nc2c1. The van der Waals surface area contributed by atoms with E-state index in [1.807, 2.05) is 6.07 Å². The molecule has 1 fully saturated rings. The number of nitrogens with one attached hydrogen (secondary N) is 1. The molecule has 1 aromatic heterocycles. The fraction of sp³-hybridized carbons (Fsp3) is 0.375. The van der Waals surface area contributed by atoms with Crippen LogP contribution in [0.4, 0.5) is 10.6 Å². The highest BCUT2D eigenvalue weighted by atomic mass is 16.6. The topological polar surface area (TPSA) is 51.2 Å². The molecular weight excluding hydrogens is 252 g/mol. The van der Waals surface area contributed by atoms with Gasteiger partial charge in [0.05, 0.1) is 5.52 Å². The summed E-state index contributed by atoms with van der Waals surface area (Å²) < 4.78 is 5.26. The van der Waals surface area contributed by atoms with Crippen LogP contribution in [0.5, 0.6) is 0 Å². The number of hydrogen-bond acceptors (Lipinski definition) is 3. The van der Waals surface area contributed by atoms with Gasteiger partial charge in [-0.1, -0.05) is 19.1 Å². The van der Waals surface area contributed by atoms with Crippen molar-refractivity contribution in [1.29, 1.82) is 0 Å². The molecule has 3 rings (SSSR count). The summed E-state index contributed by atoms with van der Waals surface area (Å²) in [7, 11) is 0. The maximum atomic E-state index is 11.7. The van der Waals surface area contributed by atoms with Crippen LogP contribution in [0.3, 0.4) is 0 Å². The highest BCUT2D eigenvalue weighted by Crippen LogP contribution is 2.23. The van der Waals surface area contributed by atoms with E-state index in [9.17, 15) is 4.79 Å². The van der Waals surface area contributed by atoms with Gasteiger partial charge in [-0.05, 0) is 49.4 Å². The molecule has 4 nitrogen and oxygen atoms in total. The Bertz CT molecular complexity index is 635. The van der Waals surface area contributed by atoms with Gasteiger partial charge >= 0.3 is 6.09 Å². The van der Waals surface area contributed by atoms with Crippen molar-refractivity contribution in [3.05, 3.63) is 35.9 Å². The lowest BCUT2D eigenvalue weighted by Crippen LogP contribution is -2.27. The summed E-state index contributed by atoms with van der Waals surface area (Å²) in [6.07, 6.45) is 3.73. The highest BCUT2D eigenvalue weighted by Gasteiger charge is 2.21. The average Bonchev–Trinajstić information content (AvgIpc) is 2.42. The lowest BCUT2D eigenvalue weighted by molar-refractivity contribution is 0.0623. The third kappa shape index (κ3) is 2.74. The number of carbonyl (C=O) groups excluding carboxylic acids is 1. The molecule has 0 bridgehead atoms. The van der Waals surface area contributed by atoms with E-state index in [0.717, 1.165) is 36.6 Å². The molecule has 1 N–H and O–H groups in total. The van der Waals surface area contributed by atoms with Crippen molar-refractivity contribution in [3.63, 3.8) is 0 Å². The fourth-order valence-corrected chi connectivity index (χ4v) is 2.23. The Morgan fingerprint density at radius 2 is 2.15 bits per heavy atom. The number of anilines is 1. The third-order valence-electron chi connectivity index (χ3n) is 3.72. The molecule has 1 amide bonds. The predicted octanol–water partition coefficient (Wildman–Crippen LogP) is 3.90. The largest absolute Gasteiger partial charge is 0.446 e. The summed E-state index contributed by atoms with van der Waals surface area (Å²) in [5.41, 5.74) is 2.13. The summed E-state index contributed by atoms with van der Waals surface area (Å²) in [6.45, 7) is 2.11. The minimum Gasteiger partial charge on any atom is -0.446 e. The van der Waals surface area contributed by atoms with Crippen LogP contribution >= 0.6 is 0 Å². The van der Waals surface area contributed by atoms with Gasteiger partial charge in [0.15, 0.2) is 0 Å². The molecule has 2 aromatic rings. The van der Waals surface area contributed by atoms with Crippen molar-refractivity contribution < 1.29 is 9.53 Å². The molecule has 0 saturated heterocycles. The first-order chi connectivity index (χ1) is 9.74. The number of aromatic nitrogens is 1. The van der Waals surface area contributed by atoms with E-state index in [-0.39, 0.29) is 6.10 Å². The number of hydrogen-bond donors (Lipinski definition) is 1. The minimum atomic E-state index is -0.409. The molecule has 1 aromatic carbocycles. The zero-order valence-corrected chi connectivity index (χ0v) is 11.6.